The van der Waals surface area contributed by atoms with Gasteiger partial charge in [0.1, 0.15) is 0 Å². The minimum atomic E-state index is 0.431. The third kappa shape index (κ3) is 3.53. The third-order valence-electron chi connectivity index (χ3n) is 5.01. The predicted octanol–water partition coefficient (Wildman–Crippen LogP) is 4.18. The molecule has 2 aromatic carbocycles. The van der Waals surface area contributed by atoms with Gasteiger partial charge in [-0.05, 0) is 61.5 Å². The highest BCUT2D eigenvalue weighted by molar-refractivity contribution is 7.98. The van der Waals surface area contributed by atoms with Crippen LogP contribution in [0.1, 0.15) is 24.4 Å². The minimum Gasteiger partial charge on any atom is -0.399 e. The molecule has 0 aliphatic carbocycles. The zero-order valence-electron chi connectivity index (χ0n) is 14.6. The van der Waals surface area contributed by atoms with Crippen molar-refractivity contribution in [2.24, 2.45) is 0 Å². The molecular weight excluding hydrogens is 328 g/mol. The van der Waals surface area contributed by atoms with Crippen molar-refractivity contribution in [2.75, 3.05) is 25.1 Å². The highest BCUT2D eigenvalue weighted by Gasteiger charge is 2.23. The fraction of sp³-hybridized carbons (Fsp3) is 0.350. The number of likely N-dealkylation sites (tertiary alicyclic amines) is 1. The number of thioether (sulfide) groups is 1. The second-order valence-electron chi connectivity index (χ2n) is 6.79. The zero-order chi connectivity index (χ0) is 17.2. The van der Waals surface area contributed by atoms with E-state index in [2.05, 4.69) is 51.3 Å². The number of fused-ring (bicyclic) bond motifs is 1. The molecule has 4 nitrogen and oxygen atoms in total. The van der Waals surface area contributed by atoms with Crippen molar-refractivity contribution in [1.29, 1.82) is 0 Å². The number of rotatable bonds is 4. The second-order valence-corrected chi connectivity index (χ2v) is 7.67. The Labute approximate surface area is 153 Å². The maximum Gasteiger partial charge on any atom is 0.0687 e. The van der Waals surface area contributed by atoms with Crippen molar-refractivity contribution in [3.63, 3.8) is 0 Å². The molecule has 25 heavy (non-hydrogen) atoms. The summed E-state index contributed by atoms with van der Waals surface area (Å²) in [6.45, 7) is 3.22. The fourth-order valence-corrected chi connectivity index (χ4v) is 4.13. The van der Waals surface area contributed by atoms with Crippen LogP contribution < -0.4 is 5.73 Å². The molecule has 0 spiro atoms. The lowest BCUT2D eigenvalue weighted by atomic mass is 10.0. The van der Waals surface area contributed by atoms with Crippen molar-refractivity contribution >= 4 is 28.4 Å². The number of anilines is 1. The highest BCUT2D eigenvalue weighted by Crippen LogP contribution is 2.27. The summed E-state index contributed by atoms with van der Waals surface area (Å²) in [7, 11) is 0. The molecule has 2 N–H and O–H groups in total. The van der Waals surface area contributed by atoms with E-state index in [1.807, 2.05) is 18.3 Å². The molecule has 1 aromatic heterocycles. The zero-order valence-corrected chi connectivity index (χ0v) is 15.4. The highest BCUT2D eigenvalue weighted by atomic mass is 32.2. The lowest BCUT2D eigenvalue weighted by molar-refractivity contribution is 0.165. The van der Waals surface area contributed by atoms with Gasteiger partial charge in [0.25, 0.3) is 0 Å². The van der Waals surface area contributed by atoms with E-state index in [9.17, 15) is 0 Å². The lowest BCUT2D eigenvalue weighted by Crippen LogP contribution is -2.36. The van der Waals surface area contributed by atoms with Crippen molar-refractivity contribution in [3.05, 3.63) is 54.2 Å². The summed E-state index contributed by atoms with van der Waals surface area (Å²) in [4.78, 5) is 3.87. The molecule has 0 amide bonds. The summed E-state index contributed by atoms with van der Waals surface area (Å²) < 4.78 is 2.19. The van der Waals surface area contributed by atoms with Gasteiger partial charge < -0.3 is 5.73 Å². The van der Waals surface area contributed by atoms with Crippen LogP contribution in [0.2, 0.25) is 0 Å². The Morgan fingerprint density at radius 3 is 2.84 bits per heavy atom. The number of nitrogens with zero attached hydrogens (tertiary/aromatic N) is 3. The molecule has 1 aliphatic heterocycles. The van der Waals surface area contributed by atoms with Gasteiger partial charge in [0.05, 0.1) is 17.8 Å². The Hall–Kier alpha value is -1.98. The van der Waals surface area contributed by atoms with Crippen LogP contribution >= 0.6 is 11.8 Å². The monoisotopic (exact) mass is 352 g/mol. The summed E-state index contributed by atoms with van der Waals surface area (Å²) in [6.07, 6.45) is 6.45. The van der Waals surface area contributed by atoms with Crippen LogP contribution in [0.25, 0.3) is 10.9 Å². The number of nitrogens with two attached hydrogens (primary N) is 1. The van der Waals surface area contributed by atoms with Crippen molar-refractivity contribution < 1.29 is 0 Å². The number of benzene rings is 2. The molecule has 130 valence electrons. The maximum absolute atomic E-state index is 5.89. The Kier molecular flexibility index (Phi) is 4.68. The standard InChI is InChI=1S/C20H24N4S/c1-25-19-7-4-15(5-8-19)13-23-10-2-3-18(14-23)24-20-9-6-17(21)11-16(20)12-22-24/h4-9,11-12,18H,2-3,10,13-14,21H2,1H3. The van der Waals surface area contributed by atoms with Crippen LogP contribution in [0, 0.1) is 0 Å². The van der Waals surface area contributed by atoms with E-state index in [4.69, 9.17) is 5.73 Å². The molecule has 0 bridgehead atoms. The topological polar surface area (TPSA) is 47.1 Å². The summed E-state index contributed by atoms with van der Waals surface area (Å²) in [5.74, 6) is 0. The summed E-state index contributed by atoms with van der Waals surface area (Å²) >= 11 is 1.79. The number of aromatic nitrogens is 2. The van der Waals surface area contributed by atoms with Crippen LogP contribution in [0.5, 0.6) is 0 Å². The molecule has 4 rings (SSSR count). The van der Waals surface area contributed by atoms with Gasteiger partial charge in [0.2, 0.25) is 0 Å². The van der Waals surface area contributed by atoms with Crippen LogP contribution in [0.3, 0.4) is 0 Å². The second kappa shape index (κ2) is 7.10. The van der Waals surface area contributed by atoms with Gasteiger partial charge in [-0.2, -0.15) is 5.10 Å². The molecule has 1 unspecified atom stereocenters. The van der Waals surface area contributed by atoms with E-state index < -0.39 is 0 Å². The predicted molar refractivity (Wildman–Crippen MR) is 106 cm³/mol. The SMILES string of the molecule is CSc1ccc(CN2CCCC(n3ncc4cc(N)ccc43)C2)cc1. The van der Waals surface area contributed by atoms with E-state index in [1.54, 1.807) is 11.8 Å². The Morgan fingerprint density at radius 1 is 1.20 bits per heavy atom. The molecular formula is C20H24N4S. The Bertz CT molecular complexity index is 856. The Balaban J connectivity index is 1.49. The molecule has 1 atom stereocenters. The first kappa shape index (κ1) is 16.5. The number of hydrogen-bond acceptors (Lipinski definition) is 4. The van der Waals surface area contributed by atoms with E-state index in [-0.39, 0.29) is 0 Å². The fourth-order valence-electron chi connectivity index (χ4n) is 3.73. The average molecular weight is 353 g/mol. The first-order chi connectivity index (χ1) is 12.2. The number of nitrogen functional groups attached to an aromatic ring is 1. The number of hydrogen-bond donors (Lipinski definition) is 1. The first-order valence-electron chi connectivity index (χ1n) is 8.81. The summed E-state index contributed by atoms with van der Waals surface area (Å²) in [5.41, 5.74) is 9.26. The first-order valence-corrected chi connectivity index (χ1v) is 10.0. The molecule has 5 heteroatoms. The van der Waals surface area contributed by atoms with Crippen LogP contribution in [-0.4, -0.2) is 34.0 Å². The van der Waals surface area contributed by atoms with Crippen LogP contribution in [-0.2, 0) is 6.54 Å². The lowest BCUT2D eigenvalue weighted by Gasteiger charge is -2.33. The van der Waals surface area contributed by atoms with Crippen molar-refractivity contribution in [3.8, 4) is 0 Å². The molecule has 3 aromatic rings. The van der Waals surface area contributed by atoms with E-state index in [1.165, 1.54) is 28.8 Å². The smallest absolute Gasteiger partial charge is 0.0687 e. The molecule has 0 radical (unpaired) electrons. The molecule has 0 saturated carbocycles. The average Bonchev–Trinajstić information content (AvgIpc) is 3.05. The van der Waals surface area contributed by atoms with E-state index in [0.717, 1.165) is 30.7 Å². The van der Waals surface area contributed by atoms with Gasteiger partial charge in [0.15, 0.2) is 0 Å². The normalized spacial score (nSPS) is 18.7. The third-order valence-corrected chi connectivity index (χ3v) is 5.75. The molecule has 1 aliphatic rings. The van der Waals surface area contributed by atoms with Gasteiger partial charge in [0, 0.05) is 29.1 Å². The molecule has 1 saturated heterocycles. The van der Waals surface area contributed by atoms with Gasteiger partial charge in [-0.1, -0.05) is 12.1 Å². The molecule has 2 heterocycles. The van der Waals surface area contributed by atoms with Crippen LogP contribution in [0.15, 0.2) is 53.6 Å². The van der Waals surface area contributed by atoms with Gasteiger partial charge in [-0.25, -0.2) is 0 Å². The largest absolute Gasteiger partial charge is 0.399 e. The Morgan fingerprint density at radius 2 is 2.04 bits per heavy atom. The van der Waals surface area contributed by atoms with Crippen molar-refractivity contribution in [1.82, 2.24) is 14.7 Å². The minimum absolute atomic E-state index is 0.431. The van der Waals surface area contributed by atoms with Gasteiger partial charge in [-0.15, -0.1) is 11.8 Å². The van der Waals surface area contributed by atoms with E-state index in [0.29, 0.717) is 6.04 Å². The maximum atomic E-state index is 5.89. The van der Waals surface area contributed by atoms with E-state index >= 15 is 0 Å². The number of piperidine rings is 1. The van der Waals surface area contributed by atoms with Gasteiger partial charge >= 0.3 is 0 Å². The summed E-state index contributed by atoms with van der Waals surface area (Å²) in [6, 6.07) is 15.4. The summed E-state index contributed by atoms with van der Waals surface area (Å²) in [5, 5.41) is 5.79. The molecule has 1 fully saturated rings. The van der Waals surface area contributed by atoms with Crippen LogP contribution in [0.4, 0.5) is 5.69 Å². The quantitative estimate of drug-likeness (QED) is 0.565. The van der Waals surface area contributed by atoms with Gasteiger partial charge in [-0.3, -0.25) is 9.58 Å². The van der Waals surface area contributed by atoms with Crippen molar-refractivity contribution in [2.45, 2.75) is 30.3 Å².